The minimum Gasteiger partial charge on any atom is -0.497 e. The average molecular weight is 659 g/mol. The van der Waals surface area contributed by atoms with E-state index in [1.165, 1.54) is 6.20 Å². The fourth-order valence-electron chi connectivity index (χ4n) is 6.23. The van der Waals surface area contributed by atoms with Gasteiger partial charge in [-0.1, -0.05) is 75.4 Å². The number of carbonyl (C=O) groups is 1. The van der Waals surface area contributed by atoms with E-state index in [1.54, 1.807) is 38.5 Å². The zero-order valence-electron chi connectivity index (χ0n) is 27.7. The Bertz CT molecular complexity index is 1750. The van der Waals surface area contributed by atoms with Gasteiger partial charge in [-0.3, -0.25) is 19.1 Å². The molecule has 0 radical (unpaired) electrons. The SMILES string of the molecule is COc1ccc(C(OC2C(O)[C@H](n3ccc(=O)[nH]c3=O)O[C@@H]2C(O)CC(=O)CC(C)(C)C)(c2ccccc2)c2ccc(OC)cc2)cc1. The third-order valence-electron chi connectivity index (χ3n) is 8.40. The summed E-state index contributed by atoms with van der Waals surface area (Å²) in [5.41, 5.74) is -1.17. The Morgan fingerprint density at radius 3 is 1.92 bits per heavy atom. The highest BCUT2D eigenvalue weighted by Crippen LogP contribution is 2.46. The number of benzene rings is 3. The largest absolute Gasteiger partial charge is 0.497 e. The van der Waals surface area contributed by atoms with Crippen molar-refractivity contribution in [2.75, 3.05) is 14.2 Å². The Morgan fingerprint density at radius 2 is 1.42 bits per heavy atom. The molecule has 1 aliphatic rings. The molecule has 0 spiro atoms. The number of H-pyrrole nitrogens is 1. The number of nitrogens with zero attached hydrogens (tertiary/aromatic N) is 1. The van der Waals surface area contributed by atoms with Crippen LogP contribution in [-0.4, -0.2) is 64.2 Å². The molecule has 1 aromatic heterocycles. The minimum atomic E-state index is -1.54. The van der Waals surface area contributed by atoms with Crippen LogP contribution in [0, 0.1) is 5.41 Å². The van der Waals surface area contributed by atoms with Crippen LogP contribution < -0.4 is 20.7 Å². The van der Waals surface area contributed by atoms with E-state index < -0.39 is 47.5 Å². The van der Waals surface area contributed by atoms with E-state index in [4.69, 9.17) is 18.9 Å². The highest BCUT2D eigenvalue weighted by atomic mass is 16.6. The molecule has 4 aromatic rings. The third-order valence-corrected chi connectivity index (χ3v) is 8.40. The molecule has 5 atom stereocenters. The standard InChI is InChI=1S/C37H42N2O9/c1-36(2,3)22-26(40)21-29(41)32-33(31(43)34(47-32)39-20-19-30(42)38-35(39)44)48-37(23-9-7-6-8-10-23,24-11-15-27(45-4)16-12-24)25-13-17-28(46-5)18-14-25/h6-20,29,31-34,41,43H,21-22H2,1-5H3,(H,38,42,44)/t29?,31?,32-,33?,34-/m1/s1. The summed E-state index contributed by atoms with van der Waals surface area (Å²) in [6, 6.07) is 25.1. The number of aliphatic hydroxyl groups excluding tert-OH is 2. The number of ketones is 1. The van der Waals surface area contributed by atoms with Crippen molar-refractivity contribution < 1.29 is 34.0 Å². The van der Waals surface area contributed by atoms with Crippen molar-refractivity contribution in [2.24, 2.45) is 5.41 Å². The zero-order valence-corrected chi connectivity index (χ0v) is 27.7. The lowest BCUT2D eigenvalue weighted by molar-refractivity contribution is -0.140. The Balaban J connectivity index is 1.69. The summed E-state index contributed by atoms with van der Waals surface area (Å²) in [6.07, 6.45) is -5.73. The van der Waals surface area contributed by atoms with Crippen molar-refractivity contribution in [2.45, 2.75) is 69.9 Å². The number of hydrogen-bond acceptors (Lipinski definition) is 9. The average Bonchev–Trinajstić information content (AvgIpc) is 3.38. The molecule has 11 heteroatoms. The number of carbonyl (C=O) groups excluding carboxylic acids is 1. The number of methoxy groups -OCH3 is 2. The van der Waals surface area contributed by atoms with Crippen molar-refractivity contribution in [3.05, 3.63) is 129 Å². The van der Waals surface area contributed by atoms with Gasteiger partial charge in [-0.05, 0) is 46.4 Å². The Hall–Kier alpha value is -4.55. The van der Waals surface area contributed by atoms with Crippen LogP contribution in [0.2, 0.25) is 0 Å². The van der Waals surface area contributed by atoms with Crippen molar-refractivity contribution in [1.82, 2.24) is 9.55 Å². The van der Waals surface area contributed by atoms with E-state index >= 15 is 0 Å². The first-order valence-corrected chi connectivity index (χ1v) is 15.7. The maximum atomic E-state index is 13.1. The first kappa shape index (κ1) is 34.8. The number of nitrogens with one attached hydrogen (secondary N) is 1. The maximum Gasteiger partial charge on any atom is 0.330 e. The van der Waals surface area contributed by atoms with Gasteiger partial charge in [0.2, 0.25) is 0 Å². The molecule has 0 bridgehead atoms. The molecular weight excluding hydrogens is 616 g/mol. The topological polar surface area (TPSA) is 149 Å². The van der Waals surface area contributed by atoms with E-state index in [0.717, 1.165) is 10.6 Å². The molecule has 5 rings (SSSR count). The van der Waals surface area contributed by atoms with Gasteiger partial charge >= 0.3 is 5.69 Å². The second-order valence-corrected chi connectivity index (χ2v) is 13.1. The number of Topliss-reactive ketones (excluding diaryl/α,β-unsaturated/α-hetero) is 1. The molecule has 254 valence electrons. The molecular formula is C37H42N2O9. The Morgan fingerprint density at radius 1 is 0.875 bits per heavy atom. The summed E-state index contributed by atoms with van der Waals surface area (Å²) >= 11 is 0. The van der Waals surface area contributed by atoms with E-state index in [1.807, 2.05) is 75.4 Å². The quantitative estimate of drug-likeness (QED) is 0.193. The van der Waals surface area contributed by atoms with Gasteiger partial charge in [0, 0.05) is 25.1 Å². The highest BCUT2D eigenvalue weighted by molar-refractivity contribution is 5.79. The minimum absolute atomic E-state index is 0.198. The summed E-state index contributed by atoms with van der Waals surface area (Å²) in [5, 5.41) is 23.6. The van der Waals surface area contributed by atoms with E-state index in [0.29, 0.717) is 28.2 Å². The molecule has 0 amide bonds. The maximum absolute atomic E-state index is 13.1. The number of rotatable bonds is 12. The lowest BCUT2D eigenvalue weighted by atomic mass is 9.79. The number of hydrogen-bond donors (Lipinski definition) is 3. The fourth-order valence-corrected chi connectivity index (χ4v) is 6.23. The van der Waals surface area contributed by atoms with E-state index in [-0.39, 0.29) is 24.0 Å². The molecule has 0 saturated carbocycles. The van der Waals surface area contributed by atoms with Crippen LogP contribution in [0.25, 0.3) is 0 Å². The molecule has 48 heavy (non-hydrogen) atoms. The van der Waals surface area contributed by atoms with Gasteiger partial charge in [0.15, 0.2) is 6.23 Å². The monoisotopic (exact) mass is 658 g/mol. The molecule has 0 aliphatic carbocycles. The third kappa shape index (κ3) is 7.29. The summed E-state index contributed by atoms with van der Waals surface area (Å²) in [6.45, 7) is 5.78. The van der Waals surface area contributed by atoms with Crippen LogP contribution in [0.1, 0.15) is 56.5 Å². The van der Waals surface area contributed by atoms with Crippen molar-refractivity contribution >= 4 is 5.78 Å². The molecule has 11 nitrogen and oxygen atoms in total. The lowest BCUT2D eigenvalue weighted by Gasteiger charge is -2.40. The van der Waals surface area contributed by atoms with Gasteiger partial charge < -0.3 is 29.2 Å². The molecule has 3 N–H and O–H groups in total. The van der Waals surface area contributed by atoms with Gasteiger partial charge in [0.25, 0.3) is 5.56 Å². The van der Waals surface area contributed by atoms with Gasteiger partial charge in [-0.25, -0.2) is 4.79 Å². The fraction of sp³-hybridized carbons (Fsp3) is 0.378. The number of aromatic nitrogens is 2. The lowest BCUT2D eigenvalue weighted by Crippen LogP contribution is -2.48. The normalized spacial score (nSPS) is 20.3. The zero-order chi connectivity index (χ0) is 34.6. The van der Waals surface area contributed by atoms with Crippen LogP contribution in [0.15, 0.2) is 101 Å². The molecule has 2 heterocycles. The summed E-state index contributed by atoms with van der Waals surface area (Å²) < 4.78 is 25.3. The summed E-state index contributed by atoms with van der Waals surface area (Å²) in [5.74, 6) is 1.03. The second-order valence-electron chi connectivity index (χ2n) is 13.1. The second kappa shape index (κ2) is 14.3. The molecule has 3 unspecified atom stereocenters. The molecule has 1 saturated heterocycles. The van der Waals surface area contributed by atoms with Gasteiger partial charge in [0.1, 0.15) is 41.2 Å². The van der Waals surface area contributed by atoms with Crippen molar-refractivity contribution in [3.63, 3.8) is 0 Å². The van der Waals surface area contributed by atoms with E-state index in [2.05, 4.69) is 4.98 Å². The van der Waals surface area contributed by atoms with Crippen LogP contribution in [0.3, 0.4) is 0 Å². The number of aliphatic hydroxyl groups is 2. The Kier molecular flexibility index (Phi) is 10.4. The van der Waals surface area contributed by atoms with Gasteiger partial charge in [0.05, 0.1) is 20.3 Å². The first-order chi connectivity index (χ1) is 22.9. The number of ether oxygens (including phenoxy) is 4. The van der Waals surface area contributed by atoms with Crippen LogP contribution in [-0.2, 0) is 19.9 Å². The Labute approximate surface area is 278 Å². The molecule has 1 aliphatic heterocycles. The van der Waals surface area contributed by atoms with Gasteiger partial charge in [-0.2, -0.15) is 0 Å². The van der Waals surface area contributed by atoms with Crippen LogP contribution >= 0.6 is 0 Å². The van der Waals surface area contributed by atoms with E-state index in [9.17, 15) is 24.6 Å². The molecule has 3 aromatic carbocycles. The van der Waals surface area contributed by atoms with Crippen molar-refractivity contribution in [3.8, 4) is 11.5 Å². The number of aromatic amines is 1. The summed E-state index contributed by atoms with van der Waals surface area (Å²) in [7, 11) is 3.13. The van der Waals surface area contributed by atoms with Crippen molar-refractivity contribution in [1.29, 1.82) is 0 Å². The first-order valence-electron chi connectivity index (χ1n) is 15.7. The van der Waals surface area contributed by atoms with Gasteiger partial charge in [-0.15, -0.1) is 0 Å². The predicted octanol–water partition coefficient (Wildman–Crippen LogP) is 3.95. The predicted molar refractivity (Wildman–Crippen MR) is 178 cm³/mol. The van der Waals surface area contributed by atoms with Crippen LogP contribution in [0.5, 0.6) is 11.5 Å². The summed E-state index contributed by atoms with van der Waals surface area (Å²) in [4.78, 5) is 40.0. The smallest absolute Gasteiger partial charge is 0.330 e. The van der Waals surface area contributed by atoms with Crippen LogP contribution in [0.4, 0.5) is 0 Å². The highest BCUT2D eigenvalue weighted by Gasteiger charge is 2.53. The molecule has 1 fully saturated rings.